The first-order valence-corrected chi connectivity index (χ1v) is 4.73. The smallest absolute Gasteiger partial charge is 0.335 e. The highest BCUT2D eigenvalue weighted by Gasteiger charge is 2.04. The lowest BCUT2D eigenvalue weighted by Crippen LogP contribution is -1.98. The van der Waals surface area contributed by atoms with Crippen LogP contribution in [0, 0.1) is 0 Å². The molecule has 0 spiro atoms. The molecule has 0 saturated heterocycles. The van der Waals surface area contributed by atoms with Gasteiger partial charge >= 0.3 is 5.97 Å². The lowest BCUT2D eigenvalue weighted by atomic mass is 10.2. The molecule has 82 valence electrons. The van der Waals surface area contributed by atoms with E-state index in [9.17, 15) is 4.79 Å². The molecule has 0 radical (unpaired) electrons. The first-order chi connectivity index (χ1) is 7.75. The molecule has 0 unspecified atom stereocenters. The van der Waals surface area contributed by atoms with Gasteiger partial charge in [0.1, 0.15) is 12.4 Å². The van der Waals surface area contributed by atoms with Crippen molar-refractivity contribution >= 4 is 5.97 Å². The van der Waals surface area contributed by atoms with Gasteiger partial charge in [0.25, 0.3) is 0 Å². The van der Waals surface area contributed by atoms with Crippen LogP contribution < -0.4 is 4.74 Å². The van der Waals surface area contributed by atoms with Gasteiger partial charge in [0.05, 0.1) is 18.1 Å². The van der Waals surface area contributed by atoms with Gasteiger partial charge in [0, 0.05) is 5.56 Å². The van der Waals surface area contributed by atoms with Crippen LogP contribution >= 0.6 is 0 Å². The summed E-state index contributed by atoms with van der Waals surface area (Å²) < 4.78 is 10.3. The number of aromatic carboxylic acids is 1. The molecular weight excluding hydrogens is 208 g/mol. The molecule has 2 rings (SSSR count). The third-order valence-corrected chi connectivity index (χ3v) is 2.07. The topological polar surface area (TPSA) is 59.7 Å². The van der Waals surface area contributed by atoms with E-state index in [2.05, 4.69) is 0 Å². The van der Waals surface area contributed by atoms with E-state index in [0.29, 0.717) is 12.4 Å². The highest BCUT2D eigenvalue weighted by atomic mass is 16.5. The molecule has 1 heterocycles. The molecule has 0 aliphatic heterocycles. The predicted molar refractivity (Wildman–Crippen MR) is 56.4 cm³/mol. The molecule has 4 nitrogen and oxygen atoms in total. The van der Waals surface area contributed by atoms with E-state index in [1.165, 1.54) is 12.1 Å². The summed E-state index contributed by atoms with van der Waals surface area (Å²) in [5.74, 6) is -0.435. The standard InChI is InChI=1S/C12H10O4/c13-12(14)10-2-1-3-11(6-10)16-8-9-4-5-15-7-9/h1-7H,8H2,(H,13,14). The Hall–Kier alpha value is -2.23. The Bertz CT molecular complexity index is 474. The van der Waals surface area contributed by atoms with Crippen LogP contribution in [0.2, 0.25) is 0 Å². The Balaban J connectivity index is 2.04. The molecule has 0 atom stereocenters. The monoisotopic (exact) mass is 218 g/mol. The predicted octanol–water partition coefficient (Wildman–Crippen LogP) is 2.56. The number of rotatable bonds is 4. The van der Waals surface area contributed by atoms with Crippen molar-refractivity contribution in [2.24, 2.45) is 0 Å². The van der Waals surface area contributed by atoms with Gasteiger partial charge < -0.3 is 14.3 Å². The number of hydrogen-bond donors (Lipinski definition) is 1. The maximum absolute atomic E-state index is 10.7. The van der Waals surface area contributed by atoms with Crippen LogP contribution in [-0.2, 0) is 6.61 Å². The third kappa shape index (κ3) is 2.42. The van der Waals surface area contributed by atoms with Gasteiger partial charge in [-0.15, -0.1) is 0 Å². The minimum atomic E-state index is -0.964. The largest absolute Gasteiger partial charge is 0.489 e. The van der Waals surface area contributed by atoms with Gasteiger partial charge in [-0.3, -0.25) is 0 Å². The summed E-state index contributed by atoms with van der Waals surface area (Å²) in [6, 6.07) is 8.16. The first kappa shape index (κ1) is 10.3. The summed E-state index contributed by atoms with van der Waals surface area (Å²) in [7, 11) is 0. The third-order valence-electron chi connectivity index (χ3n) is 2.07. The second-order valence-corrected chi connectivity index (χ2v) is 3.25. The summed E-state index contributed by atoms with van der Waals surface area (Å²) in [6.45, 7) is 0.361. The lowest BCUT2D eigenvalue weighted by Gasteiger charge is -2.04. The van der Waals surface area contributed by atoms with Crippen LogP contribution in [0.25, 0.3) is 0 Å². The Morgan fingerprint density at radius 1 is 1.38 bits per heavy atom. The number of carboxylic acid groups (broad SMARTS) is 1. The number of carbonyl (C=O) groups is 1. The quantitative estimate of drug-likeness (QED) is 0.856. The van der Waals surface area contributed by atoms with Gasteiger partial charge in [0.2, 0.25) is 0 Å². The zero-order valence-corrected chi connectivity index (χ0v) is 8.42. The van der Waals surface area contributed by atoms with Crippen LogP contribution in [0.4, 0.5) is 0 Å². The highest BCUT2D eigenvalue weighted by molar-refractivity contribution is 5.87. The van der Waals surface area contributed by atoms with Crippen LogP contribution in [-0.4, -0.2) is 11.1 Å². The summed E-state index contributed by atoms with van der Waals surface area (Å²) in [6.07, 6.45) is 3.15. The molecule has 1 N–H and O–H groups in total. The number of ether oxygens (including phenoxy) is 1. The van der Waals surface area contributed by atoms with E-state index in [1.54, 1.807) is 30.7 Å². The van der Waals surface area contributed by atoms with Gasteiger partial charge in [-0.2, -0.15) is 0 Å². The zero-order chi connectivity index (χ0) is 11.4. The van der Waals surface area contributed by atoms with Crippen molar-refractivity contribution in [3.05, 3.63) is 54.0 Å². The fraction of sp³-hybridized carbons (Fsp3) is 0.0833. The van der Waals surface area contributed by atoms with Gasteiger partial charge in [0.15, 0.2) is 0 Å². The van der Waals surface area contributed by atoms with Crippen molar-refractivity contribution in [3.8, 4) is 5.75 Å². The van der Waals surface area contributed by atoms with Crippen molar-refractivity contribution in [2.45, 2.75) is 6.61 Å². The molecule has 0 aliphatic carbocycles. The zero-order valence-electron chi connectivity index (χ0n) is 8.42. The van der Waals surface area contributed by atoms with E-state index in [-0.39, 0.29) is 5.56 Å². The molecule has 1 aromatic heterocycles. The van der Waals surface area contributed by atoms with Crippen LogP contribution in [0.1, 0.15) is 15.9 Å². The van der Waals surface area contributed by atoms with E-state index < -0.39 is 5.97 Å². The van der Waals surface area contributed by atoms with E-state index in [0.717, 1.165) is 5.56 Å². The van der Waals surface area contributed by atoms with Gasteiger partial charge in [-0.1, -0.05) is 6.07 Å². The summed E-state index contributed by atoms with van der Waals surface area (Å²) in [4.78, 5) is 10.7. The number of benzene rings is 1. The molecule has 0 aliphatic rings. The van der Waals surface area contributed by atoms with E-state index >= 15 is 0 Å². The maximum atomic E-state index is 10.7. The number of furan rings is 1. The molecule has 1 aromatic carbocycles. The second kappa shape index (κ2) is 4.53. The Labute approximate surface area is 92.1 Å². The van der Waals surface area contributed by atoms with Crippen molar-refractivity contribution in [1.29, 1.82) is 0 Å². The molecule has 2 aromatic rings. The van der Waals surface area contributed by atoms with Gasteiger partial charge in [-0.25, -0.2) is 4.79 Å². The highest BCUT2D eigenvalue weighted by Crippen LogP contribution is 2.15. The maximum Gasteiger partial charge on any atom is 0.335 e. The first-order valence-electron chi connectivity index (χ1n) is 4.73. The molecule has 0 bridgehead atoms. The minimum Gasteiger partial charge on any atom is -0.489 e. The summed E-state index contributed by atoms with van der Waals surface area (Å²) in [5, 5.41) is 8.79. The summed E-state index contributed by atoms with van der Waals surface area (Å²) in [5.41, 5.74) is 1.12. The van der Waals surface area contributed by atoms with Crippen molar-refractivity contribution in [2.75, 3.05) is 0 Å². The Kier molecular flexibility index (Phi) is 2.91. The molecule has 0 amide bonds. The average molecular weight is 218 g/mol. The molecule has 0 fully saturated rings. The number of hydrogen-bond acceptors (Lipinski definition) is 3. The van der Waals surface area contributed by atoms with Crippen LogP contribution in [0.5, 0.6) is 5.75 Å². The van der Waals surface area contributed by atoms with Crippen molar-refractivity contribution in [1.82, 2.24) is 0 Å². The second-order valence-electron chi connectivity index (χ2n) is 3.25. The Morgan fingerprint density at radius 2 is 2.25 bits per heavy atom. The van der Waals surface area contributed by atoms with E-state index in [4.69, 9.17) is 14.3 Å². The van der Waals surface area contributed by atoms with Gasteiger partial charge in [-0.05, 0) is 24.3 Å². The Morgan fingerprint density at radius 3 is 2.94 bits per heavy atom. The minimum absolute atomic E-state index is 0.213. The molecule has 4 heteroatoms. The van der Waals surface area contributed by atoms with Crippen molar-refractivity contribution < 1.29 is 19.1 Å². The van der Waals surface area contributed by atoms with E-state index in [1.807, 2.05) is 0 Å². The molecule has 16 heavy (non-hydrogen) atoms. The summed E-state index contributed by atoms with van der Waals surface area (Å²) >= 11 is 0. The number of carboxylic acids is 1. The van der Waals surface area contributed by atoms with Crippen LogP contribution in [0.3, 0.4) is 0 Å². The fourth-order valence-corrected chi connectivity index (χ4v) is 1.26. The van der Waals surface area contributed by atoms with Crippen molar-refractivity contribution in [3.63, 3.8) is 0 Å². The lowest BCUT2D eigenvalue weighted by molar-refractivity contribution is 0.0696. The molecule has 0 saturated carbocycles. The SMILES string of the molecule is O=C(O)c1cccc(OCc2ccoc2)c1. The average Bonchev–Trinajstić information content (AvgIpc) is 2.79. The van der Waals surface area contributed by atoms with Crippen LogP contribution in [0.15, 0.2) is 47.3 Å². The molecular formula is C12H10O4. The fourth-order valence-electron chi connectivity index (χ4n) is 1.26. The normalized spacial score (nSPS) is 10.0.